The molecule has 2 heterocycles. The SMILES string of the molecule is Cc1cc(C)c(NC(=O)N2CCN(C(=O)OC(C)(C)C)CC2c2nccn2C)c(C)c1. The van der Waals surface area contributed by atoms with E-state index in [9.17, 15) is 9.59 Å². The topological polar surface area (TPSA) is 79.7 Å². The van der Waals surface area contributed by atoms with Gasteiger partial charge >= 0.3 is 12.1 Å². The maximum atomic E-state index is 13.3. The first kappa shape index (κ1) is 22.7. The van der Waals surface area contributed by atoms with Gasteiger partial charge in [0.05, 0.1) is 6.54 Å². The fraction of sp³-hybridized carbons (Fsp3) is 0.522. The average Bonchev–Trinajstić information content (AvgIpc) is 3.08. The number of aromatic nitrogens is 2. The van der Waals surface area contributed by atoms with E-state index in [4.69, 9.17) is 4.74 Å². The van der Waals surface area contributed by atoms with Gasteiger partial charge in [0.15, 0.2) is 0 Å². The number of nitrogens with one attached hydrogen (secondary N) is 1. The minimum atomic E-state index is -0.579. The van der Waals surface area contributed by atoms with Gasteiger partial charge in [-0.25, -0.2) is 14.6 Å². The van der Waals surface area contributed by atoms with E-state index in [0.29, 0.717) is 19.6 Å². The Morgan fingerprint density at radius 2 is 1.77 bits per heavy atom. The lowest BCUT2D eigenvalue weighted by Gasteiger charge is -2.41. The van der Waals surface area contributed by atoms with Crippen molar-refractivity contribution in [2.75, 3.05) is 25.0 Å². The predicted octanol–water partition coefficient (Wildman–Crippen LogP) is 4.17. The molecular formula is C23H33N5O3. The predicted molar refractivity (Wildman–Crippen MR) is 120 cm³/mol. The third-order valence-corrected chi connectivity index (χ3v) is 5.36. The third-order valence-electron chi connectivity index (χ3n) is 5.36. The number of rotatable bonds is 2. The molecule has 1 unspecified atom stereocenters. The smallest absolute Gasteiger partial charge is 0.410 e. The highest BCUT2D eigenvalue weighted by atomic mass is 16.6. The molecule has 2 aromatic rings. The molecule has 0 radical (unpaired) electrons. The summed E-state index contributed by atoms with van der Waals surface area (Å²) >= 11 is 0. The molecular weight excluding hydrogens is 394 g/mol. The molecule has 1 fully saturated rings. The van der Waals surface area contributed by atoms with Gasteiger partial charge in [0, 0.05) is 38.2 Å². The molecule has 0 aliphatic carbocycles. The lowest BCUT2D eigenvalue weighted by molar-refractivity contribution is 0.00862. The summed E-state index contributed by atoms with van der Waals surface area (Å²) in [6.07, 6.45) is 3.16. The van der Waals surface area contributed by atoms with Crippen molar-refractivity contribution >= 4 is 17.8 Å². The number of benzene rings is 1. The van der Waals surface area contributed by atoms with Crippen molar-refractivity contribution in [2.24, 2.45) is 7.05 Å². The number of imidazole rings is 1. The van der Waals surface area contributed by atoms with Crippen LogP contribution in [0.4, 0.5) is 15.3 Å². The van der Waals surface area contributed by atoms with Crippen LogP contribution in [0.3, 0.4) is 0 Å². The fourth-order valence-corrected chi connectivity index (χ4v) is 3.99. The molecule has 8 nitrogen and oxygen atoms in total. The molecule has 8 heteroatoms. The molecule has 1 N–H and O–H groups in total. The van der Waals surface area contributed by atoms with Crippen LogP contribution in [0.5, 0.6) is 0 Å². The monoisotopic (exact) mass is 427 g/mol. The van der Waals surface area contributed by atoms with E-state index in [1.807, 2.05) is 59.4 Å². The Morgan fingerprint density at radius 3 is 2.32 bits per heavy atom. The van der Waals surface area contributed by atoms with E-state index in [2.05, 4.69) is 22.4 Å². The lowest BCUT2D eigenvalue weighted by atomic mass is 10.1. The van der Waals surface area contributed by atoms with Gasteiger partial charge in [-0.1, -0.05) is 17.7 Å². The zero-order valence-corrected chi connectivity index (χ0v) is 19.5. The van der Waals surface area contributed by atoms with E-state index in [1.54, 1.807) is 16.0 Å². The molecule has 3 rings (SSSR count). The van der Waals surface area contributed by atoms with Gasteiger partial charge < -0.3 is 24.4 Å². The number of ether oxygens (including phenoxy) is 1. The summed E-state index contributed by atoms with van der Waals surface area (Å²) in [4.78, 5) is 33.8. The van der Waals surface area contributed by atoms with Crippen LogP contribution >= 0.6 is 0 Å². The Morgan fingerprint density at radius 1 is 1.13 bits per heavy atom. The highest BCUT2D eigenvalue weighted by Crippen LogP contribution is 2.28. The second kappa shape index (κ2) is 8.61. The number of nitrogens with zero attached hydrogens (tertiary/aromatic N) is 4. The molecule has 3 amide bonds. The first-order chi connectivity index (χ1) is 14.5. The van der Waals surface area contributed by atoms with Gasteiger partial charge in [0.1, 0.15) is 17.5 Å². The average molecular weight is 428 g/mol. The van der Waals surface area contributed by atoms with Crippen LogP contribution in [0, 0.1) is 20.8 Å². The van der Waals surface area contributed by atoms with Gasteiger partial charge in [-0.15, -0.1) is 0 Å². The number of hydrogen-bond donors (Lipinski definition) is 1. The third kappa shape index (κ3) is 5.18. The maximum Gasteiger partial charge on any atom is 0.410 e. The molecule has 31 heavy (non-hydrogen) atoms. The lowest BCUT2D eigenvalue weighted by Crippen LogP contribution is -2.54. The Balaban J connectivity index is 1.85. The minimum Gasteiger partial charge on any atom is -0.444 e. The second-order valence-corrected chi connectivity index (χ2v) is 9.24. The summed E-state index contributed by atoms with van der Waals surface area (Å²) in [5.74, 6) is 0.723. The van der Waals surface area contributed by atoms with Crippen LogP contribution in [0.2, 0.25) is 0 Å². The first-order valence-electron chi connectivity index (χ1n) is 10.6. The number of amides is 3. The number of aryl methyl sites for hydroxylation is 4. The second-order valence-electron chi connectivity index (χ2n) is 9.24. The van der Waals surface area contributed by atoms with Gasteiger partial charge in [-0.05, 0) is 52.7 Å². The van der Waals surface area contributed by atoms with Crippen molar-refractivity contribution in [2.45, 2.75) is 53.2 Å². The van der Waals surface area contributed by atoms with Gasteiger partial charge in [-0.3, -0.25) is 0 Å². The molecule has 0 spiro atoms. The maximum absolute atomic E-state index is 13.3. The standard InChI is InChI=1S/C23H33N5O3/c1-15-12-16(2)19(17(3)13-15)25-21(29)28-11-10-27(22(30)31-23(4,5)6)14-18(28)20-24-8-9-26(20)7/h8-9,12-13,18H,10-11,14H2,1-7H3,(H,25,29). The molecule has 1 aromatic carbocycles. The Hall–Kier alpha value is -3.03. The van der Waals surface area contributed by atoms with Crippen molar-refractivity contribution in [3.63, 3.8) is 0 Å². The summed E-state index contributed by atoms with van der Waals surface area (Å²) < 4.78 is 7.43. The van der Waals surface area contributed by atoms with E-state index in [1.165, 1.54) is 0 Å². The molecule has 1 aliphatic rings. The van der Waals surface area contributed by atoms with Crippen molar-refractivity contribution in [1.29, 1.82) is 0 Å². The number of carbonyl (C=O) groups excluding carboxylic acids is 2. The van der Waals surface area contributed by atoms with E-state index < -0.39 is 5.60 Å². The van der Waals surface area contributed by atoms with Gasteiger partial charge in [0.2, 0.25) is 0 Å². The quantitative estimate of drug-likeness (QED) is 0.780. The number of urea groups is 1. The van der Waals surface area contributed by atoms with Crippen LogP contribution in [0.1, 0.15) is 49.3 Å². The Labute approximate surface area is 184 Å². The molecule has 0 saturated carbocycles. The first-order valence-corrected chi connectivity index (χ1v) is 10.6. The number of carbonyl (C=O) groups is 2. The van der Waals surface area contributed by atoms with E-state index in [0.717, 1.165) is 28.2 Å². The van der Waals surface area contributed by atoms with Crippen molar-refractivity contribution in [1.82, 2.24) is 19.4 Å². The molecule has 1 atom stereocenters. The summed E-state index contributed by atoms with van der Waals surface area (Å²) in [5, 5.41) is 3.08. The fourth-order valence-electron chi connectivity index (χ4n) is 3.99. The number of hydrogen-bond acceptors (Lipinski definition) is 4. The molecule has 1 saturated heterocycles. The highest BCUT2D eigenvalue weighted by Gasteiger charge is 2.37. The van der Waals surface area contributed by atoms with Crippen molar-refractivity contribution in [3.05, 3.63) is 47.0 Å². The Bertz CT molecular complexity index is 953. The molecule has 168 valence electrons. The normalized spacial score (nSPS) is 16.9. The minimum absolute atomic E-state index is 0.202. The zero-order valence-electron chi connectivity index (χ0n) is 19.5. The molecule has 1 aliphatic heterocycles. The summed E-state index contributed by atoms with van der Waals surface area (Å²) in [6.45, 7) is 12.7. The van der Waals surface area contributed by atoms with E-state index in [-0.39, 0.29) is 18.2 Å². The van der Waals surface area contributed by atoms with Crippen LogP contribution in [0.25, 0.3) is 0 Å². The van der Waals surface area contributed by atoms with E-state index >= 15 is 0 Å². The largest absolute Gasteiger partial charge is 0.444 e. The molecule has 1 aromatic heterocycles. The van der Waals surface area contributed by atoms with Crippen LogP contribution in [-0.4, -0.2) is 56.7 Å². The van der Waals surface area contributed by atoms with Crippen LogP contribution in [-0.2, 0) is 11.8 Å². The number of anilines is 1. The van der Waals surface area contributed by atoms with Gasteiger partial charge in [-0.2, -0.15) is 0 Å². The summed E-state index contributed by atoms with van der Waals surface area (Å²) in [7, 11) is 1.89. The zero-order chi connectivity index (χ0) is 22.9. The van der Waals surface area contributed by atoms with Crippen molar-refractivity contribution < 1.29 is 14.3 Å². The highest BCUT2D eigenvalue weighted by molar-refractivity contribution is 5.91. The van der Waals surface area contributed by atoms with Crippen molar-refractivity contribution in [3.8, 4) is 0 Å². The van der Waals surface area contributed by atoms with Crippen LogP contribution < -0.4 is 5.32 Å². The number of piperazine rings is 1. The van der Waals surface area contributed by atoms with Crippen LogP contribution in [0.15, 0.2) is 24.5 Å². The Kier molecular flexibility index (Phi) is 6.29. The van der Waals surface area contributed by atoms with Gasteiger partial charge in [0.25, 0.3) is 0 Å². The molecule has 0 bridgehead atoms. The summed E-state index contributed by atoms with van der Waals surface area (Å²) in [6, 6.07) is 3.53. The summed E-state index contributed by atoms with van der Waals surface area (Å²) in [5.41, 5.74) is 3.44.